The Morgan fingerprint density at radius 2 is 0.581 bits per heavy atom. The van der Waals surface area contributed by atoms with Gasteiger partial charge < -0.3 is 5.32 Å². The summed E-state index contributed by atoms with van der Waals surface area (Å²) in [7, 11) is 0. The van der Waals surface area contributed by atoms with E-state index in [0.29, 0.717) is 0 Å². The molecule has 12 fully saturated rings. The van der Waals surface area contributed by atoms with Crippen LogP contribution >= 0.6 is 0 Å². The molecule has 0 bridgehead atoms. The first-order chi connectivity index (χ1) is 30.7. The molecule has 0 aromatic rings. The van der Waals surface area contributed by atoms with E-state index in [-0.39, 0.29) is 0 Å². The molecule has 0 spiro atoms. The Balaban J connectivity index is 0.755. The Morgan fingerprint density at radius 3 is 1.02 bits per heavy atom. The van der Waals surface area contributed by atoms with Crippen molar-refractivity contribution in [3.05, 3.63) is 0 Å². The van der Waals surface area contributed by atoms with Crippen LogP contribution in [0.3, 0.4) is 0 Å². The Bertz CT molecular complexity index is 1260. The zero-order valence-electron chi connectivity index (χ0n) is 40.5. The number of likely N-dealkylation sites (tertiary alicyclic amines) is 2. The Labute approximate surface area is 383 Å². The molecule has 14 atom stereocenters. The highest BCUT2D eigenvalue weighted by Crippen LogP contribution is 2.59. The summed E-state index contributed by atoms with van der Waals surface area (Å²) in [5, 5.41) is 4.51. The molecular weight excluding hydrogens is 751 g/mol. The number of hydrogen-bond acceptors (Lipinski definition) is 3. The molecule has 3 aliphatic heterocycles. The van der Waals surface area contributed by atoms with Gasteiger partial charge in [-0.05, 0) is 193 Å². The predicted octanol–water partition coefficient (Wildman–Crippen LogP) is 14.9. The molecule has 0 amide bonds. The van der Waals surface area contributed by atoms with Gasteiger partial charge in [0.15, 0.2) is 0 Å². The van der Waals surface area contributed by atoms with E-state index < -0.39 is 0 Å². The SMILES string of the molecule is C1CCC(C2CC(C3CCCCC3)CC(N3C4CCCCC4C4CC(C5CCC6C(C5)C5CCCCC5N6C5CC(C6CCCCC6)NC(C6CCCCC6)C5)CCC43)C2)CC1. The van der Waals surface area contributed by atoms with Crippen LogP contribution in [-0.4, -0.2) is 58.1 Å². The molecule has 0 aromatic heterocycles. The maximum absolute atomic E-state index is 4.51. The first kappa shape index (κ1) is 43.2. The van der Waals surface area contributed by atoms with E-state index in [4.69, 9.17) is 0 Å². The molecule has 9 aliphatic carbocycles. The topological polar surface area (TPSA) is 18.5 Å². The zero-order chi connectivity index (χ0) is 41.0. The normalized spacial score (nSPS) is 48.6. The lowest BCUT2D eigenvalue weighted by molar-refractivity contribution is -0.00640. The van der Waals surface area contributed by atoms with Gasteiger partial charge in [0.05, 0.1) is 0 Å². The van der Waals surface area contributed by atoms with E-state index in [0.717, 1.165) is 119 Å². The average Bonchev–Trinajstić information content (AvgIpc) is 3.87. The van der Waals surface area contributed by atoms with Gasteiger partial charge in [-0.3, -0.25) is 9.80 Å². The summed E-state index contributed by atoms with van der Waals surface area (Å²) in [6.45, 7) is 0. The van der Waals surface area contributed by atoms with Crippen LogP contribution < -0.4 is 5.32 Å². The van der Waals surface area contributed by atoms with E-state index in [2.05, 4.69) is 15.1 Å². The number of fused-ring (bicyclic) bond motifs is 6. The zero-order valence-corrected chi connectivity index (χ0v) is 40.5. The van der Waals surface area contributed by atoms with Crippen LogP contribution in [0.1, 0.15) is 250 Å². The summed E-state index contributed by atoms with van der Waals surface area (Å²) < 4.78 is 0. The quantitative estimate of drug-likeness (QED) is 0.275. The molecule has 3 heteroatoms. The second-order valence-corrected chi connectivity index (χ2v) is 26.5. The van der Waals surface area contributed by atoms with Gasteiger partial charge in [0, 0.05) is 48.3 Å². The van der Waals surface area contributed by atoms with Gasteiger partial charge in [-0.15, -0.1) is 0 Å². The molecule has 0 radical (unpaired) electrons. The average molecular weight is 850 g/mol. The molecule has 3 heterocycles. The third-order valence-corrected chi connectivity index (χ3v) is 23.8. The third-order valence-electron chi connectivity index (χ3n) is 23.8. The molecule has 350 valence electrons. The van der Waals surface area contributed by atoms with E-state index in [1.807, 2.05) is 0 Å². The minimum atomic E-state index is 0.813. The highest BCUT2D eigenvalue weighted by molar-refractivity contribution is 5.11. The lowest BCUT2D eigenvalue weighted by Crippen LogP contribution is -2.60. The van der Waals surface area contributed by atoms with Crippen molar-refractivity contribution >= 4 is 0 Å². The van der Waals surface area contributed by atoms with Crippen molar-refractivity contribution in [2.75, 3.05) is 0 Å². The van der Waals surface area contributed by atoms with Gasteiger partial charge in [0.1, 0.15) is 0 Å². The Hall–Kier alpha value is -0.120. The van der Waals surface area contributed by atoms with Gasteiger partial charge in [0.25, 0.3) is 0 Å². The van der Waals surface area contributed by atoms with E-state index in [9.17, 15) is 0 Å². The van der Waals surface area contributed by atoms with Crippen LogP contribution in [0.15, 0.2) is 0 Å². The van der Waals surface area contributed by atoms with Crippen LogP contribution in [0.4, 0.5) is 0 Å². The Kier molecular flexibility index (Phi) is 13.6. The van der Waals surface area contributed by atoms with Crippen molar-refractivity contribution < 1.29 is 0 Å². The summed E-state index contributed by atoms with van der Waals surface area (Å²) in [5.74, 6) is 12.5. The highest BCUT2D eigenvalue weighted by atomic mass is 15.3. The molecule has 0 aromatic carbocycles. The first-order valence-corrected chi connectivity index (χ1v) is 30.0. The summed E-state index contributed by atoms with van der Waals surface area (Å²) in [6, 6.07) is 7.23. The largest absolute Gasteiger partial charge is 0.311 e. The van der Waals surface area contributed by atoms with Gasteiger partial charge >= 0.3 is 0 Å². The first-order valence-electron chi connectivity index (χ1n) is 30.0. The van der Waals surface area contributed by atoms with Crippen molar-refractivity contribution in [2.45, 2.75) is 299 Å². The van der Waals surface area contributed by atoms with E-state index >= 15 is 0 Å². The van der Waals surface area contributed by atoms with E-state index in [1.165, 1.54) is 103 Å². The number of rotatable bonds is 7. The molecule has 1 N–H and O–H groups in total. The number of nitrogens with one attached hydrogen (secondary N) is 1. The minimum absolute atomic E-state index is 0.813. The maximum Gasteiger partial charge on any atom is 0.0133 e. The second-order valence-electron chi connectivity index (χ2n) is 26.5. The molecule has 14 unspecified atom stereocenters. The summed E-state index contributed by atoms with van der Waals surface area (Å²) in [6.07, 6.45) is 60.6. The van der Waals surface area contributed by atoms with E-state index in [1.54, 1.807) is 148 Å². The Morgan fingerprint density at radius 1 is 0.226 bits per heavy atom. The highest BCUT2D eigenvalue weighted by Gasteiger charge is 2.58. The summed E-state index contributed by atoms with van der Waals surface area (Å²) >= 11 is 0. The van der Waals surface area contributed by atoms with Gasteiger partial charge in [-0.1, -0.05) is 128 Å². The molecule has 12 rings (SSSR count). The fourth-order valence-corrected chi connectivity index (χ4v) is 21.2. The minimum Gasteiger partial charge on any atom is -0.311 e. The van der Waals surface area contributed by atoms with Crippen molar-refractivity contribution in [1.29, 1.82) is 0 Å². The lowest BCUT2D eigenvalue weighted by atomic mass is 9.62. The number of hydrogen-bond donors (Lipinski definition) is 1. The third kappa shape index (κ3) is 8.54. The standard InChI is InChI=1S/C59H99N3/c1-5-17-40(18-6-1)46-33-47(41-19-7-2-8-20-41)35-48(34-46)61-56-27-15-13-25-50(56)52-36-44(29-31-58(52)61)45-30-32-59-53(37-45)51-26-14-16-28-57(51)62(59)49-38-54(42-21-9-3-10-22-42)60-55(39-49)43-23-11-4-12-24-43/h40-60H,1-39H2. The van der Waals surface area contributed by atoms with Crippen molar-refractivity contribution in [3.63, 3.8) is 0 Å². The van der Waals surface area contributed by atoms with Gasteiger partial charge in [-0.25, -0.2) is 0 Å². The molecule has 12 aliphatic rings. The monoisotopic (exact) mass is 850 g/mol. The smallest absolute Gasteiger partial charge is 0.0133 e. The maximum atomic E-state index is 4.51. The van der Waals surface area contributed by atoms with Gasteiger partial charge in [-0.2, -0.15) is 0 Å². The van der Waals surface area contributed by atoms with Gasteiger partial charge in [0.2, 0.25) is 0 Å². The molecule has 3 nitrogen and oxygen atoms in total. The molecular formula is C59H99N3. The number of nitrogens with zero attached hydrogens (tertiary/aromatic N) is 2. The van der Waals surface area contributed by atoms with Crippen LogP contribution in [0.5, 0.6) is 0 Å². The summed E-state index contributed by atoms with van der Waals surface area (Å²) in [4.78, 5) is 6.87. The van der Waals surface area contributed by atoms with Crippen LogP contribution in [0.25, 0.3) is 0 Å². The second kappa shape index (κ2) is 19.5. The van der Waals surface area contributed by atoms with Crippen molar-refractivity contribution in [3.8, 4) is 0 Å². The predicted molar refractivity (Wildman–Crippen MR) is 259 cm³/mol. The lowest BCUT2D eigenvalue weighted by Gasteiger charge is -2.51. The fourth-order valence-electron chi connectivity index (χ4n) is 21.2. The molecule has 62 heavy (non-hydrogen) atoms. The van der Waals surface area contributed by atoms with Crippen molar-refractivity contribution in [2.24, 2.45) is 71.0 Å². The van der Waals surface area contributed by atoms with Crippen LogP contribution in [0, 0.1) is 71.0 Å². The van der Waals surface area contributed by atoms with Crippen LogP contribution in [-0.2, 0) is 0 Å². The number of piperidine rings is 1. The molecule has 9 saturated carbocycles. The van der Waals surface area contributed by atoms with Crippen molar-refractivity contribution in [1.82, 2.24) is 15.1 Å². The molecule has 3 saturated heterocycles. The fraction of sp³-hybridized carbons (Fsp3) is 1.00. The van der Waals surface area contributed by atoms with Crippen LogP contribution in [0.2, 0.25) is 0 Å². The summed E-state index contributed by atoms with van der Waals surface area (Å²) in [5.41, 5.74) is 0.